The summed E-state index contributed by atoms with van der Waals surface area (Å²) in [5, 5.41) is 0. The molecule has 0 saturated carbocycles. The number of likely N-dealkylation sites (N-methyl/N-ethyl adjacent to an activating group) is 1. The van der Waals surface area contributed by atoms with E-state index in [2.05, 4.69) is 16.0 Å². The largest absolute Gasteiger partial charge is 0.371 e. The summed E-state index contributed by atoms with van der Waals surface area (Å²) in [4.78, 5) is 6.70. The van der Waals surface area contributed by atoms with Gasteiger partial charge in [0, 0.05) is 31.5 Å². The summed E-state index contributed by atoms with van der Waals surface area (Å²) in [5.74, 6) is 0. The van der Waals surface area contributed by atoms with Gasteiger partial charge in [-0.15, -0.1) is 0 Å². The van der Waals surface area contributed by atoms with Crippen molar-refractivity contribution in [1.82, 2.24) is 4.98 Å². The molecule has 0 unspecified atom stereocenters. The molecular weight excluding hydrogens is 382 g/mol. The zero-order valence-corrected chi connectivity index (χ0v) is 18.0. The first-order valence-electron chi connectivity index (χ1n) is 9.65. The standard InChI is InChI=1S/C23H25N3O2S/c1-16-12-20(15-24-14-16)19-8-9-22(18(3)13-19)29(27,28)26-11-10-25(4)21-7-5-6-17(2)23(21)26/h5-9,12-15H,10-11H2,1-4H3. The Kier molecular flexibility index (Phi) is 4.82. The van der Waals surface area contributed by atoms with Crippen LogP contribution in [0.2, 0.25) is 0 Å². The van der Waals surface area contributed by atoms with E-state index >= 15 is 0 Å². The molecule has 3 aromatic rings. The SMILES string of the molecule is Cc1cncc(-c2ccc(S(=O)(=O)N3CCN(C)c4cccc(C)c43)c(C)c2)c1. The number of aryl methyl sites for hydroxylation is 3. The molecule has 0 saturated heterocycles. The van der Waals surface area contributed by atoms with Gasteiger partial charge >= 0.3 is 0 Å². The highest BCUT2D eigenvalue weighted by molar-refractivity contribution is 7.93. The lowest BCUT2D eigenvalue weighted by Gasteiger charge is -2.37. The number of rotatable bonds is 3. The van der Waals surface area contributed by atoms with Crippen LogP contribution in [0.3, 0.4) is 0 Å². The van der Waals surface area contributed by atoms with Crippen molar-refractivity contribution in [2.45, 2.75) is 25.7 Å². The summed E-state index contributed by atoms with van der Waals surface area (Å²) in [7, 11) is -1.67. The van der Waals surface area contributed by atoms with Crippen LogP contribution >= 0.6 is 0 Å². The van der Waals surface area contributed by atoms with Crippen LogP contribution in [0.15, 0.2) is 59.8 Å². The minimum Gasteiger partial charge on any atom is -0.371 e. The van der Waals surface area contributed by atoms with E-state index in [9.17, 15) is 8.42 Å². The second-order valence-electron chi connectivity index (χ2n) is 7.67. The van der Waals surface area contributed by atoms with Crippen molar-refractivity contribution in [2.75, 3.05) is 29.3 Å². The molecule has 1 aliphatic heterocycles. The van der Waals surface area contributed by atoms with Crippen LogP contribution in [-0.2, 0) is 10.0 Å². The van der Waals surface area contributed by atoms with Gasteiger partial charge in [-0.25, -0.2) is 8.42 Å². The molecule has 150 valence electrons. The van der Waals surface area contributed by atoms with Crippen LogP contribution in [0.1, 0.15) is 16.7 Å². The van der Waals surface area contributed by atoms with E-state index < -0.39 is 10.0 Å². The minimum absolute atomic E-state index is 0.348. The number of benzene rings is 2. The highest BCUT2D eigenvalue weighted by Crippen LogP contribution is 2.39. The van der Waals surface area contributed by atoms with Gasteiger partial charge < -0.3 is 4.90 Å². The summed E-state index contributed by atoms with van der Waals surface area (Å²) in [6, 6.07) is 13.5. The second-order valence-corrected chi connectivity index (χ2v) is 9.50. The third kappa shape index (κ3) is 3.38. The highest BCUT2D eigenvalue weighted by atomic mass is 32.2. The van der Waals surface area contributed by atoms with Crippen LogP contribution < -0.4 is 9.21 Å². The van der Waals surface area contributed by atoms with E-state index in [-0.39, 0.29) is 0 Å². The number of aromatic nitrogens is 1. The lowest BCUT2D eigenvalue weighted by atomic mass is 10.0. The second kappa shape index (κ2) is 7.19. The van der Waals surface area contributed by atoms with E-state index in [1.54, 1.807) is 16.6 Å². The van der Waals surface area contributed by atoms with E-state index in [0.717, 1.165) is 39.2 Å². The van der Waals surface area contributed by atoms with Gasteiger partial charge in [-0.05, 0) is 61.2 Å². The Bertz CT molecular complexity index is 1190. The first-order chi connectivity index (χ1) is 13.8. The van der Waals surface area contributed by atoms with E-state index in [1.807, 2.05) is 64.3 Å². The number of para-hydroxylation sites is 1. The van der Waals surface area contributed by atoms with Crippen molar-refractivity contribution in [1.29, 1.82) is 0 Å². The van der Waals surface area contributed by atoms with E-state index in [0.29, 0.717) is 18.0 Å². The van der Waals surface area contributed by atoms with Crippen molar-refractivity contribution in [2.24, 2.45) is 0 Å². The van der Waals surface area contributed by atoms with E-state index in [4.69, 9.17) is 0 Å². The molecule has 0 atom stereocenters. The molecule has 0 aliphatic carbocycles. The average molecular weight is 408 g/mol. The minimum atomic E-state index is -3.67. The molecule has 1 aliphatic rings. The number of sulfonamides is 1. The summed E-state index contributed by atoms with van der Waals surface area (Å²) in [6.07, 6.45) is 3.61. The highest BCUT2D eigenvalue weighted by Gasteiger charge is 2.33. The molecule has 1 aromatic heterocycles. The van der Waals surface area contributed by atoms with Gasteiger partial charge in [0.1, 0.15) is 0 Å². The Balaban J connectivity index is 1.79. The summed E-state index contributed by atoms with van der Waals surface area (Å²) in [5.41, 5.74) is 6.43. The zero-order chi connectivity index (χ0) is 20.8. The Labute approximate surface area is 172 Å². The van der Waals surface area contributed by atoms with Gasteiger partial charge in [0.05, 0.1) is 22.8 Å². The molecular formula is C23H25N3O2S. The van der Waals surface area contributed by atoms with Gasteiger partial charge in [0.15, 0.2) is 0 Å². The molecule has 0 spiro atoms. The van der Waals surface area contributed by atoms with Gasteiger partial charge in [-0.1, -0.05) is 24.3 Å². The van der Waals surface area contributed by atoms with Gasteiger partial charge in [-0.2, -0.15) is 0 Å². The number of anilines is 2. The zero-order valence-electron chi connectivity index (χ0n) is 17.2. The quantitative estimate of drug-likeness (QED) is 0.649. The van der Waals surface area contributed by atoms with Crippen molar-refractivity contribution in [3.63, 3.8) is 0 Å². The Morgan fingerprint density at radius 1 is 0.897 bits per heavy atom. The average Bonchev–Trinajstić information content (AvgIpc) is 2.68. The monoisotopic (exact) mass is 407 g/mol. The molecule has 4 rings (SSSR count). The number of fused-ring (bicyclic) bond motifs is 1. The third-order valence-electron chi connectivity index (χ3n) is 5.47. The topological polar surface area (TPSA) is 53.5 Å². The predicted octanol–water partition coefficient (Wildman–Crippen LogP) is 4.32. The number of nitrogens with zero attached hydrogens (tertiary/aromatic N) is 3. The Morgan fingerprint density at radius 2 is 1.69 bits per heavy atom. The maximum atomic E-state index is 13.6. The van der Waals surface area contributed by atoms with Crippen molar-refractivity contribution >= 4 is 21.4 Å². The normalized spacial score (nSPS) is 14.1. The summed E-state index contributed by atoms with van der Waals surface area (Å²) in [6.45, 7) is 6.90. The maximum absolute atomic E-state index is 13.6. The molecule has 0 bridgehead atoms. The van der Waals surface area contributed by atoms with Crippen LogP contribution in [0.5, 0.6) is 0 Å². The fraction of sp³-hybridized carbons (Fsp3) is 0.261. The van der Waals surface area contributed by atoms with Crippen molar-refractivity contribution in [3.8, 4) is 11.1 Å². The fourth-order valence-electron chi connectivity index (χ4n) is 3.94. The van der Waals surface area contributed by atoms with E-state index in [1.165, 1.54) is 0 Å². The van der Waals surface area contributed by atoms with Crippen molar-refractivity contribution < 1.29 is 8.42 Å². The molecule has 5 nitrogen and oxygen atoms in total. The molecule has 0 fully saturated rings. The van der Waals surface area contributed by atoms with Gasteiger partial charge in [0.25, 0.3) is 10.0 Å². The first kappa shape index (κ1) is 19.5. The van der Waals surface area contributed by atoms with Crippen LogP contribution in [-0.4, -0.2) is 33.5 Å². The number of hydrogen-bond acceptors (Lipinski definition) is 4. The molecule has 2 heterocycles. The summed E-state index contributed by atoms with van der Waals surface area (Å²) >= 11 is 0. The molecule has 2 aromatic carbocycles. The molecule has 29 heavy (non-hydrogen) atoms. The molecule has 0 N–H and O–H groups in total. The Hall–Kier alpha value is -2.86. The lowest BCUT2D eigenvalue weighted by Crippen LogP contribution is -2.43. The number of hydrogen-bond donors (Lipinski definition) is 0. The van der Waals surface area contributed by atoms with Crippen LogP contribution in [0.25, 0.3) is 11.1 Å². The lowest BCUT2D eigenvalue weighted by molar-refractivity contribution is 0.588. The smallest absolute Gasteiger partial charge is 0.264 e. The van der Waals surface area contributed by atoms with Gasteiger partial charge in [-0.3, -0.25) is 9.29 Å². The maximum Gasteiger partial charge on any atom is 0.264 e. The van der Waals surface area contributed by atoms with Crippen LogP contribution in [0.4, 0.5) is 11.4 Å². The molecule has 0 amide bonds. The van der Waals surface area contributed by atoms with Crippen LogP contribution in [0, 0.1) is 20.8 Å². The molecule has 6 heteroatoms. The summed E-state index contributed by atoms with van der Waals surface area (Å²) < 4.78 is 28.8. The Morgan fingerprint density at radius 3 is 2.41 bits per heavy atom. The first-order valence-corrected chi connectivity index (χ1v) is 11.1. The molecule has 0 radical (unpaired) electrons. The predicted molar refractivity (Wildman–Crippen MR) is 118 cm³/mol. The van der Waals surface area contributed by atoms with Gasteiger partial charge in [0.2, 0.25) is 0 Å². The third-order valence-corrected chi connectivity index (χ3v) is 7.43. The fourth-order valence-corrected chi connectivity index (χ4v) is 5.68. The number of pyridine rings is 1. The van der Waals surface area contributed by atoms with Crippen molar-refractivity contribution in [3.05, 3.63) is 71.5 Å².